The lowest BCUT2D eigenvalue weighted by Gasteiger charge is -2.25. The molecule has 0 aromatic heterocycles. The monoisotopic (exact) mass is 284 g/mol. The summed E-state index contributed by atoms with van der Waals surface area (Å²) in [7, 11) is 0. The van der Waals surface area contributed by atoms with Crippen molar-refractivity contribution < 1.29 is 4.39 Å². The third-order valence-electron chi connectivity index (χ3n) is 3.88. The minimum absolute atomic E-state index is 0.187. The average molecular weight is 285 g/mol. The summed E-state index contributed by atoms with van der Waals surface area (Å²) in [5.74, 6) is -0.132. The Morgan fingerprint density at radius 2 is 1.89 bits per heavy atom. The van der Waals surface area contributed by atoms with Crippen LogP contribution in [0.15, 0.2) is 18.2 Å². The number of benzene rings is 1. The first kappa shape index (κ1) is 14.8. The summed E-state index contributed by atoms with van der Waals surface area (Å²) in [6.45, 7) is 3.80. The molecule has 1 aliphatic rings. The zero-order valence-corrected chi connectivity index (χ0v) is 12.0. The van der Waals surface area contributed by atoms with E-state index in [1.807, 2.05) is 0 Å². The highest BCUT2D eigenvalue weighted by Crippen LogP contribution is 2.23. The minimum atomic E-state index is -0.365. The summed E-state index contributed by atoms with van der Waals surface area (Å²) in [4.78, 5) is 2.47. The molecule has 0 amide bonds. The van der Waals surface area contributed by atoms with E-state index in [0.717, 1.165) is 25.2 Å². The summed E-state index contributed by atoms with van der Waals surface area (Å²) in [5, 5.41) is 0.187. The van der Waals surface area contributed by atoms with Crippen molar-refractivity contribution in [2.24, 2.45) is 5.73 Å². The number of hydrogen-bond acceptors (Lipinski definition) is 2. The van der Waals surface area contributed by atoms with Crippen molar-refractivity contribution in [2.45, 2.75) is 31.6 Å². The second-order valence-electron chi connectivity index (χ2n) is 5.32. The molecule has 0 radical (unpaired) electrons. The van der Waals surface area contributed by atoms with Crippen molar-refractivity contribution in [1.82, 2.24) is 4.90 Å². The number of nitrogens with two attached hydrogens (primary N) is 1. The molecule has 106 valence electrons. The Kier molecular flexibility index (Phi) is 5.61. The summed E-state index contributed by atoms with van der Waals surface area (Å²) in [6, 6.07) is 4.95. The second kappa shape index (κ2) is 7.22. The zero-order valence-electron chi connectivity index (χ0n) is 11.2. The molecular formula is C15H22ClFN2. The van der Waals surface area contributed by atoms with Crippen LogP contribution in [0.4, 0.5) is 4.39 Å². The number of hydrogen-bond donors (Lipinski definition) is 1. The fourth-order valence-electron chi connectivity index (χ4n) is 2.71. The van der Waals surface area contributed by atoms with E-state index < -0.39 is 0 Å². The van der Waals surface area contributed by atoms with Gasteiger partial charge < -0.3 is 10.6 Å². The molecule has 0 bridgehead atoms. The quantitative estimate of drug-likeness (QED) is 0.918. The standard InChI is InChI=1S/C15H22ClFN2/c16-14-9-12(5-6-15(14)17)13(10-18)11-19-7-3-1-2-4-8-19/h5-6,9,13H,1-4,7-8,10-11,18H2. The highest BCUT2D eigenvalue weighted by molar-refractivity contribution is 6.30. The van der Waals surface area contributed by atoms with Crippen LogP contribution in [0.2, 0.25) is 5.02 Å². The molecule has 1 heterocycles. The van der Waals surface area contributed by atoms with Crippen molar-refractivity contribution in [1.29, 1.82) is 0 Å². The van der Waals surface area contributed by atoms with Crippen LogP contribution in [0, 0.1) is 5.82 Å². The van der Waals surface area contributed by atoms with Gasteiger partial charge in [0.25, 0.3) is 0 Å². The Hall–Kier alpha value is -0.640. The molecule has 4 heteroatoms. The Morgan fingerprint density at radius 3 is 2.47 bits per heavy atom. The SMILES string of the molecule is NCC(CN1CCCCCC1)c1ccc(F)c(Cl)c1. The summed E-state index contributed by atoms with van der Waals surface area (Å²) in [6.07, 6.45) is 5.18. The number of likely N-dealkylation sites (tertiary alicyclic amines) is 1. The molecule has 2 nitrogen and oxygen atoms in total. The molecule has 1 aromatic rings. The molecule has 1 atom stereocenters. The lowest BCUT2D eigenvalue weighted by atomic mass is 9.98. The van der Waals surface area contributed by atoms with E-state index in [4.69, 9.17) is 17.3 Å². The maximum Gasteiger partial charge on any atom is 0.141 e. The number of halogens is 2. The van der Waals surface area contributed by atoms with E-state index in [1.165, 1.54) is 31.7 Å². The summed E-state index contributed by atoms with van der Waals surface area (Å²) in [5.41, 5.74) is 6.93. The van der Waals surface area contributed by atoms with E-state index in [0.29, 0.717) is 6.54 Å². The van der Waals surface area contributed by atoms with Gasteiger partial charge >= 0.3 is 0 Å². The van der Waals surface area contributed by atoms with Gasteiger partial charge in [-0.2, -0.15) is 0 Å². The smallest absolute Gasteiger partial charge is 0.141 e. The fraction of sp³-hybridized carbons (Fsp3) is 0.600. The Morgan fingerprint density at radius 1 is 1.21 bits per heavy atom. The normalized spacial score (nSPS) is 19.1. The van der Waals surface area contributed by atoms with Gasteiger partial charge in [-0.25, -0.2) is 4.39 Å². The maximum atomic E-state index is 13.2. The zero-order chi connectivity index (χ0) is 13.7. The summed E-state index contributed by atoms with van der Waals surface area (Å²) >= 11 is 5.85. The molecule has 1 saturated heterocycles. The van der Waals surface area contributed by atoms with Crippen LogP contribution in [0.5, 0.6) is 0 Å². The molecule has 1 aliphatic heterocycles. The van der Waals surface area contributed by atoms with Gasteiger partial charge in [0.2, 0.25) is 0 Å². The third kappa shape index (κ3) is 4.16. The number of nitrogens with zero attached hydrogens (tertiary/aromatic N) is 1. The van der Waals surface area contributed by atoms with Crippen LogP contribution in [0.25, 0.3) is 0 Å². The van der Waals surface area contributed by atoms with Crippen LogP contribution >= 0.6 is 11.6 Å². The van der Waals surface area contributed by atoms with Crippen molar-refractivity contribution >= 4 is 11.6 Å². The average Bonchev–Trinajstić information content (AvgIpc) is 2.68. The molecule has 19 heavy (non-hydrogen) atoms. The Bertz CT molecular complexity index is 403. The van der Waals surface area contributed by atoms with Crippen molar-refractivity contribution in [3.05, 3.63) is 34.6 Å². The van der Waals surface area contributed by atoms with E-state index in [1.54, 1.807) is 12.1 Å². The van der Waals surface area contributed by atoms with Gasteiger partial charge in [0, 0.05) is 19.0 Å². The molecule has 0 saturated carbocycles. The third-order valence-corrected chi connectivity index (χ3v) is 4.17. The molecule has 0 aliphatic carbocycles. The van der Waals surface area contributed by atoms with Crippen LogP contribution in [0.3, 0.4) is 0 Å². The van der Waals surface area contributed by atoms with Crippen LogP contribution in [-0.4, -0.2) is 31.1 Å². The van der Waals surface area contributed by atoms with Gasteiger partial charge in [-0.15, -0.1) is 0 Å². The van der Waals surface area contributed by atoms with Crippen molar-refractivity contribution in [3.8, 4) is 0 Å². The van der Waals surface area contributed by atoms with E-state index in [-0.39, 0.29) is 16.8 Å². The fourth-order valence-corrected chi connectivity index (χ4v) is 2.90. The topological polar surface area (TPSA) is 29.3 Å². The molecule has 1 fully saturated rings. The highest BCUT2D eigenvalue weighted by atomic mass is 35.5. The molecule has 0 spiro atoms. The van der Waals surface area contributed by atoms with Crippen molar-refractivity contribution in [2.75, 3.05) is 26.2 Å². The summed E-state index contributed by atoms with van der Waals surface area (Å²) < 4.78 is 13.2. The van der Waals surface area contributed by atoms with Crippen LogP contribution in [0.1, 0.15) is 37.2 Å². The first-order valence-electron chi connectivity index (χ1n) is 7.08. The van der Waals surface area contributed by atoms with Gasteiger partial charge in [-0.1, -0.05) is 30.5 Å². The highest BCUT2D eigenvalue weighted by Gasteiger charge is 2.17. The van der Waals surface area contributed by atoms with Gasteiger partial charge in [-0.05, 0) is 43.6 Å². The molecule has 2 rings (SSSR count). The van der Waals surface area contributed by atoms with Crippen LogP contribution in [-0.2, 0) is 0 Å². The van der Waals surface area contributed by atoms with E-state index in [2.05, 4.69) is 4.90 Å². The molecule has 1 unspecified atom stereocenters. The minimum Gasteiger partial charge on any atom is -0.330 e. The Labute approximate surface area is 119 Å². The molecule has 2 N–H and O–H groups in total. The Balaban J connectivity index is 2.03. The van der Waals surface area contributed by atoms with Gasteiger partial charge in [-0.3, -0.25) is 0 Å². The van der Waals surface area contributed by atoms with Crippen LogP contribution < -0.4 is 5.73 Å². The van der Waals surface area contributed by atoms with E-state index in [9.17, 15) is 4.39 Å². The second-order valence-corrected chi connectivity index (χ2v) is 5.73. The molecule has 1 aromatic carbocycles. The predicted octanol–water partition coefficient (Wildman–Crippen LogP) is 3.40. The molecular weight excluding hydrogens is 263 g/mol. The first-order valence-corrected chi connectivity index (χ1v) is 7.46. The largest absolute Gasteiger partial charge is 0.330 e. The van der Waals surface area contributed by atoms with Gasteiger partial charge in [0.1, 0.15) is 5.82 Å². The first-order chi connectivity index (χ1) is 9.20. The van der Waals surface area contributed by atoms with Crippen molar-refractivity contribution in [3.63, 3.8) is 0 Å². The van der Waals surface area contributed by atoms with Gasteiger partial charge in [0.15, 0.2) is 0 Å². The number of rotatable bonds is 4. The predicted molar refractivity (Wildman–Crippen MR) is 78.1 cm³/mol. The van der Waals surface area contributed by atoms with Gasteiger partial charge in [0.05, 0.1) is 5.02 Å². The maximum absolute atomic E-state index is 13.2. The van der Waals surface area contributed by atoms with E-state index >= 15 is 0 Å². The lowest BCUT2D eigenvalue weighted by Crippen LogP contribution is -2.32. The lowest BCUT2D eigenvalue weighted by molar-refractivity contribution is 0.267.